The van der Waals surface area contributed by atoms with Crippen molar-refractivity contribution in [3.05, 3.63) is 58.4 Å². The number of morpholine rings is 1. The molecule has 2 aliphatic rings. The maximum absolute atomic E-state index is 13.3. The van der Waals surface area contributed by atoms with Crippen molar-refractivity contribution >= 4 is 33.5 Å². The van der Waals surface area contributed by atoms with Gasteiger partial charge in [-0.25, -0.2) is 4.98 Å². The highest BCUT2D eigenvalue weighted by atomic mass is 16.5. The molecule has 0 aliphatic carbocycles. The first-order chi connectivity index (χ1) is 18.1. The van der Waals surface area contributed by atoms with Gasteiger partial charge in [-0.05, 0) is 30.3 Å². The van der Waals surface area contributed by atoms with Gasteiger partial charge in [0.25, 0.3) is 11.5 Å². The first kappa shape index (κ1) is 23.7. The molecule has 4 N–H and O–H groups in total. The smallest absolute Gasteiger partial charge is 0.276 e. The van der Waals surface area contributed by atoms with Gasteiger partial charge in [0, 0.05) is 68.8 Å². The molecule has 4 heterocycles. The summed E-state index contributed by atoms with van der Waals surface area (Å²) < 4.78 is 5.42. The first-order valence-corrected chi connectivity index (χ1v) is 12.8. The zero-order valence-electron chi connectivity index (χ0n) is 20.7. The number of rotatable bonds is 5. The van der Waals surface area contributed by atoms with Gasteiger partial charge in [-0.3, -0.25) is 19.4 Å². The van der Waals surface area contributed by atoms with Crippen LogP contribution in [0.1, 0.15) is 10.4 Å². The highest BCUT2D eigenvalue weighted by Crippen LogP contribution is 2.31. The third-order valence-corrected chi connectivity index (χ3v) is 7.42. The van der Waals surface area contributed by atoms with Crippen molar-refractivity contribution in [3.8, 4) is 11.4 Å². The number of H-pyrrole nitrogens is 2. The summed E-state index contributed by atoms with van der Waals surface area (Å²) in [6.45, 7) is 8.83. The number of fused-ring (bicyclic) bond motifs is 2. The zero-order valence-corrected chi connectivity index (χ0v) is 20.7. The maximum Gasteiger partial charge on any atom is 0.276 e. The van der Waals surface area contributed by atoms with E-state index in [-0.39, 0.29) is 17.2 Å². The summed E-state index contributed by atoms with van der Waals surface area (Å²) in [5.41, 5.74) is 9.87. The maximum atomic E-state index is 13.3. The fourth-order valence-electron chi connectivity index (χ4n) is 5.20. The minimum Gasteiger partial charge on any atom is -0.396 e. The number of nitrogens with two attached hydrogens (primary N) is 1. The number of nitrogen functional groups attached to an aromatic ring is 1. The molecule has 0 bridgehead atoms. The van der Waals surface area contributed by atoms with Crippen LogP contribution in [0.3, 0.4) is 0 Å². The van der Waals surface area contributed by atoms with E-state index in [0.29, 0.717) is 46.6 Å². The molecule has 1 amide bonds. The second kappa shape index (κ2) is 9.97. The standard InChI is InChI=1S/C27H31N7O3/c28-23-19-6-5-18(27(36)34-11-9-32(10-12-34)7-8-33-13-15-37-16-14-33)17-22(19)30-24(23)25-26(35)31-21-4-2-1-3-20(21)29-25/h1-6,17,30H,7-16,28H2,(H,31,35). The molecule has 2 aromatic heterocycles. The van der Waals surface area contributed by atoms with Gasteiger partial charge < -0.3 is 25.3 Å². The lowest BCUT2D eigenvalue weighted by Gasteiger charge is -2.36. The molecule has 0 saturated carbocycles. The summed E-state index contributed by atoms with van der Waals surface area (Å²) in [5.74, 6) is 0.00567. The molecule has 10 nitrogen and oxygen atoms in total. The van der Waals surface area contributed by atoms with E-state index in [1.807, 2.05) is 47.4 Å². The predicted octanol–water partition coefficient (Wildman–Crippen LogP) is 1.74. The number of amides is 1. The van der Waals surface area contributed by atoms with Crippen LogP contribution >= 0.6 is 0 Å². The van der Waals surface area contributed by atoms with Crippen molar-refractivity contribution in [2.75, 3.05) is 71.3 Å². The molecule has 2 aromatic carbocycles. The number of benzene rings is 2. The van der Waals surface area contributed by atoms with Crippen molar-refractivity contribution < 1.29 is 9.53 Å². The van der Waals surface area contributed by atoms with Gasteiger partial charge in [0.2, 0.25) is 0 Å². The molecule has 192 valence electrons. The number of hydrogen-bond donors (Lipinski definition) is 3. The molecule has 4 aromatic rings. The number of carbonyl (C=O) groups is 1. The monoisotopic (exact) mass is 501 g/mol. The van der Waals surface area contributed by atoms with Crippen LogP contribution in [-0.2, 0) is 4.74 Å². The molecular formula is C27H31N7O3. The van der Waals surface area contributed by atoms with E-state index < -0.39 is 0 Å². The number of para-hydroxylation sites is 2. The predicted molar refractivity (Wildman–Crippen MR) is 144 cm³/mol. The molecule has 0 unspecified atom stereocenters. The quantitative estimate of drug-likeness (QED) is 0.381. The van der Waals surface area contributed by atoms with E-state index >= 15 is 0 Å². The highest BCUT2D eigenvalue weighted by Gasteiger charge is 2.24. The Hall–Kier alpha value is -3.73. The molecule has 0 spiro atoms. The van der Waals surface area contributed by atoms with Crippen LogP contribution in [0.5, 0.6) is 0 Å². The normalized spacial score (nSPS) is 17.6. The number of aromatic amines is 2. The molecular weight excluding hydrogens is 470 g/mol. The third kappa shape index (κ3) is 4.71. The molecule has 0 atom stereocenters. The lowest BCUT2D eigenvalue weighted by Crippen LogP contribution is -2.51. The number of hydrogen-bond acceptors (Lipinski definition) is 7. The number of aromatic nitrogens is 3. The second-order valence-corrected chi connectivity index (χ2v) is 9.69. The highest BCUT2D eigenvalue weighted by molar-refractivity contribution is 6.04. The van der Waals surface area contributed by atoms with Gasteiger partial charge in [-0.1, -0.05) is 12.1 Å². The lowest BCUT2D eigenvalue weighted by atomic mass is 10.1. The summed E-state index contributed by atoms with van der Waals surface area (Å²) in [4.78, 5) is 43.5. The minimum atomic E-state index is -0.320. The third-order valence-electron chi connectivity index (χ3n) is 7.42. The van der Waals surface area contributed by atoms with Crippen LogP contribution in [0.2, 0.25) is 0 Å². The Morgan fingerprint density at radius 3 is 2.43 bits per heavy atom. The van der Waals surface area contributed by atoms with Gasteiger partial charge in [0.05, 0.1) is 35.6 Å². The van der Waals surface area contributed by atoms with Gasteiger partial charge in [-0.2, -0.15) is 0 Å². The zero-order chi connectivity index (χ0) is 25.4. The Bertz CT molecular complexity index is 1500. The number of nitrogens with one attached hydrogen (secondary N) is 2. The van der Waals surface area contributed by atoms with Crippen molar-refractivity contribution in [3.63, 3.8) is 0 Å². The largest absolute Gasteiger partial charge is 0.396 e. The van der Waals surface area contributed by atoms with E-state index in [1.54, 1.807) is 0 Å². The Labute approximate surface area is 214 Å². The van der Waals surface area contributed by atoms with Crippen LogP contribution in [0.4, 0.5) is 5.69 Å². The Kier molecular flexibility index (Phi) is 6.37. The lowest BCUT2D eigenvalue weighted by molar-refractivity contribution is 0.0293. The summed E-state index contributed by atoms with van der Waals surface area (Å²) in [5, 5.41) is 0.758. The number of carbonyl (C=O) groups excluding carboxylic acids is 1. The summed E-state index contributed by atoms with van der Waals surface area (Å²) >= 11 is 0. The summed E-state index contributed by atoms with van der Waals surface area (Å²) in [6, 6.07) is 12.8. The first-order valence-electron chi connectivity index (χ1n) is 12.8. The molecule has 6 rings (SSSR count). The van der Waals surface area contributed by atoms with Crippen molar-refractivity contribution in [1.29, 1.82) is 0 Å². The number of piperazine rings is 1. The topological polar surface area (TPSA) is 124 Å². The van der Waals surface area contributed by atoms with Gasteiger partial charge in [-0.15, -0.1) is 0 Å². The Balaban J connectivity index is 1.16. The SMILES string of the molecule is Nc1c(-c2nc3ccccc3[nH]c2=O)[nH]c2cc(C(=O)N3CCN(CCN4CCOCC4)CC3)ccc12. The molecule has 10 heteroatoms. The van der Waals surface area contributed by atoms with Crippen molar-refractivity contribution in [2.24, 2.45) is 0 Å². The fraction of sp³-hybridized carbons (Fsp3) is 0.370. The average molecular weight is 502 g/mol. The van der Waals surface area contributed by atoms with Crippen LogP contribution < -0.4 is 11.3 Å². The van der Waals surface area contributed by atoms with Crippen LogP contribution in [-0.4, -0.2) is 101 Å². The Morgan fingerprint density at radius 1 is 0.919 bits per heavy atom. The minimum absolute atomic E-state index is 0.00567. The van der Waals surface area contributed by atoms with Gasteiger partial charge >= 0.3 is 0 Å². The van der Waals surface area contributed by atoms with Gasteiger partial charge in [0.15, 0.2) is 5.69 Å². The molecule has 2 aliphatic heterocycles. The summed E-state index contributed by atoms with van der Waals surface area (Å²) in [7, 11) is 0. The van der Waals surface area contributed by atoms with Crippen LogP contribution in [0.15, 0.2) is 47.3 Å². The van der Waals surface area contributed by atoms with Crippen molar-refractivity contribution in [1.82, 2.24) is 29.7 Å². The Morgan fingerprint density at radius 2 is 1.65 bits per heavy atom. The average Bonchev–Trinajstić information content (AvgIpc) is 3.27. The van der Waals surface area contributed by atoms with E-state index in [4.69, 9.17) is 10.5 Å². The molecule has 37 heavy (non-hydrogen) atoms. The van der Waals surface area contributed by atoms with E-state index in [1.165, 1.54) is 0 Å². The van der Waals surface area contributed by atoms with E-state index in [2.05, 4.69) is 24.8 Å². The molecule has 2 fully saturated rings. The molecule has 0 radical (unpaired) electrons. The number of nitrogens with zero attached hydrogens (tertiary/aromatic N) is 4. The molecule has 2 saturated heterocycles. The summed E-state index contributed by atoms with van der Waals surface area (Å²) in [6.07, 6.45) is 0. The van der Waals surface area contributed by atoms with E-state index in [0.717, 1.165) is 57.9 Å². The van der Waals surface area contributed by atoms with Crippen molar-refractivity contribution in [2.45, 2.75) is 0 Å². The fourth-order valence-corrected chi connectivity index (χ4v) is 5.20. The van der Waals surface area contributed by atoms with Crippen LogP contribution in [0.25, 0.3) is 33.3 Å². The number of anilines is 1. The van der Waals surface area contributed by atoms with Gasteiger partial charge in [0.1, 0.15) is 0 Å². The van der Waals surface area contributed by atoms with E-state index in [9.17, 15) is 9.59 Å². The number of ether oxygens (including phenoxy) is 1. The second-order valence-electron chi connectivity index (χ2n) is 9.69. The van der Waals surface area contributed by atoms with Crippen LogP contribution in [0, 0.1) is 0 Å².